The number of benzene rings is 2. The number of aromatic amines is 1. The van der Waals surface area contributed by atoms with Crippen molar-refractivity contribution in [2.24, 2.45) is 17.6 Å². The average molecular weight is 578 g/mol. The normalized spacial score (nSPS) is 14.3. The molecule has 1 heterocycles. The number of nitrogens with one attached hydrogen (secondary N) is 4. The first-order chi connectivity index (χ1) is 19.9. The molecule has 10 nitrogen and oxygen atoms in total. The lowest BCUT2D eigenvalue weighted by Crippen LogP contribution is -2.58. The van der Waals surface area contributed by atoms with Gasteiger partial charge >= 0.3 is 5.97 Å². The molecule has 0 spiro atoms. The maximum Gasteiger partial charge on any atom is 0.326 e. The van der Waals surface area contributed by atoms with E-state index < -0.39 is 47.9 Å². The van der Waals surface area contributed by atoms with Crippen molar-refractivity contribution in [3.8, 4) is 0 Å². The number of rotatable bonds is 15. The number of carbonyl (C=O) groups is 4. The van der Waals surface area contributed by atoms with Crippen molar-refractivity contribution in [2.45, 2.75) is 77.5 Å². The van der Waals surface area contributed by atoms with E-state index in [9.17, 15) is 24.3 Å². The summed E-state index contributed by atoms with van der Waals surface area (Å²) in [5.41, 5.74) is 8.58. The number of fused-ring (bicyclic) bond motifs is 1. The molecule has 10 heteroatoms. The van der Waals surface area contributed by atoms with Crippen LogP contribution in [0.25, 0.3) is 10.9 Å². The van der Waals surface area contributed by atoms with Gasteiger partial charge in [0, 0.05) is 29.9 Å². The Morgan fingerprint density at radius 1 is 0.738 bits per heavy atom. The Morgan fingerprint density at radius 2 is 1.29 bits per heavy atom. The number of hydrogen-bond acceptors (Lipinski definition) is 5. The lowest BCUT2D eigenvalue weighted by Gasteiger charge is -2.26. The summed E-state index contributed by atoms with van der Waals surface area (Å²) in [6, 6.07) is 12.8. The van der Waals surface area contributed by atoms with Gasteiger partial charge in [0.15, 0.2) is 0 Å². The lowest BCUT2D eigenvalue weighted by molar-refractivity contribution is -0.142. The van der Waals surface area contributed by atoms with Gasteiger partial charge in [0.25, 0.3) is 0 Å². The molecule has 4 atom stereocenters. The van der Waals surface area contributed by atoms with Crippen molar-refractivity contribution in [1.29, 1.82) is 0 Å². The smallest absolute Gasteiger partial charge is 0.326 e. The number of aromatic nitrogens is 1. The van der Waals surface area contributed by atoms with Gasteiger partial charge < -0.3 is 31.8 Å². The van der Waals surface area contributed by atoms with Crippen LogP contribution in [0.4, 0.5) is 0 Å². The van der Waals surface area contributed by atoms with Crippen LogP contribution in [0.5, 0.6) is 0 Å². The Labute approximate surface area is 246 Å². The van der Waals surface area contributed by atoms with E-state index in [1.165, 1.54) is 0 Å². The van der Waals surface area contributed by atoms with Crippen LogP contribution in [0.15, 0.2) is 60.8 Å². The van der Waals surface area contributed by atoms with E-state index in [0.717, 1.165) is 22.0 Å². The van der Waals surface area contributed by atoms with Crippen LogP contribution in [-0.4, -0.2) is 57.9 Å². The number of H-pyrrole nitrogens is 1. The highest BCUT2D eigenvalue weighted by atomic mass is 16.4. The summed E-state index contributed by atoms with van der Waals surface area (Å²) < 4.78 is 0. The highest BCUT2D eigenvalue weighted by molar-refractivity contribution is 5.95. The molecule has 0 bridgehead atoms. The highest BCUT2D eigenvalue weighted by Gasteiger charge is 2.31. The molecule has 42 heavy (non-hydrogen) atoms. The number of nitrogens with two attached hydrogens (primary N) is 1. The van der Waals surface area contributed by atoms with Gasteiger partial charge in [-0.1, -0.05) is 76.2 Å². The summed E-state index contributed by atoms with van der Waals surface area (Å²) in [6.07, 6.45) is 2.74. The fourth-order valence-corrected chi connectivity index (χ4v) is 4.92. The molecule has 3 rings (SSSR count). The number of hydrogen-bond donors (Lipinski definition) is 6. The predicted octanol–water partition coefficient (Wildman–Crippen LogP) is 2.91. The molecular formula is C32H43N5O5. The lowest BCUT2D eigenvalue weighted by atomic mass is 9.99. The summed E-state index contributed by atoms with van der Waals surface area (Å²) in [6.45, 7) is 7.65. The maximum atomic E-state index is 13.8. The van der Waals surface area contributed by atoms with Gasteiger partial charge in [0.05, 0.1) is 6.04 Å². The molecule has 0 radical (unpaired) electrons. The summed E-state index contributed by atoms with van der Waals surface area (Å²) in [5, 5.41) is 18.8. The minimum Gasteiger partial charge on any atom is -0.480 e. The predicted molar refractivity (Wildman–Crippen MR) is 162 cm³/mol. The van der Waals surface area contributed by atoms with Crippen molar-refractivity contribution in [2.75, 3.05) is 0 Å². The van der Waals surface area contributed by atoms with E-state index in [0.29, 0.717) is 6.42 Å². The molecule has 4 unspecified atom stereocenters. The zero-order valence-electron chi connectivity index (χ0n) is 24.7. The van der Waals surface area contributed by atoms with Crippen molar-refractivity contribution >= 4 is 34.6 Å². The quantitative estimate of drug-likeness (QED) is 0.162. The number of para-hydroxylation sites is 1. The minimum absolute atomic E-state index is 0.0218. The van der Waals surface area contributed by atoms with Gasteiger partial charge in [-0.05, 0) is 41.9 Å². The molecule has 226 valence electrons. The van der Waals surface area contributed by atoms with E-state index in [4.69, 9.17) is 5.73 Å². The van der Waals surface area contributed by atoms with Gasteiger partial charge in [-0.25, -0.2) is 4.79 Å². The first-order valence-electron chi connectivity index (χ1n) is 14.4. The fraction of sp³-hybridized carbons (Fsp3) is 0.438. The van der Waals surface area contributed by atoms with Gasteiger partial charge in [0.1, 0.15) is 18.1 Å². The Morgan fingerprint density at radius 3 is 1.90 bits per heavy atom. The molecule has 3 aromatic rings. The van der Waals surface area contributed by atoms with E-state index >= 15 is 0 Å². The Hall–Kier alpha value is -4.18. The standard InChI is InChI=1S/C32H43N5O5/c1-19(2)14-24(33)29(38)35-26(16-21-10-6-5-7-11-21)30(39)36-27(31(40)37-28(32(41)42)15-20(3)4)17-22-18-34-25-13-9-8-12-23(22)25/h5-13,18-20,24,26-28,34H,14-17,33H2,1-4H3,(H,35,38)(H,36,39)(H,37,40)(H,41,42). The van der Waals surface area contributed by atoms with Gasteiger partial charge in [-0.3, -0.25) is 14.4 Å². The third-order valence-corrected chi connectivity index (χ3v) is 7.03. The zero-order valence-corrected chi connectivity index (χ0v) is 24.7. The molecule has 0 aliphatic rings. The molecule has 3 amide bonds. The van der Waals surface area contributed by atoms with Crippen LogP contribution in [0.2, 0.25) is 0 Å². The van der Waals surface area contributed by atoms with Crippen LogP contribution in [-0.2, 0) is 32.0 Å². The average Bonchev–Trinajstić information content (AvgIpc) is 3.34. The van der Waals surface area contributed by atoms with Crippen molar-refractivity contribution in [1.82, 2.24) is 20.9 Å². The molecule has 0 saturated heterocycles. The van der Waals surface area contributed by atoms with Gasteiger partial charge in [-0.15, -0.1) is 0 Å². The number of carboxylic acid groups (broad SMARTS) is 1. The molecule has 0 aliphatic carbocycles. The Kier molecular flexibility index (Phi) is 11.7. The fourth-order valence-electron chi connectivity index (χ4n) is 4.92. The van der Waals surface area contributed by atoms with Crippen LogP contribution < -0.4 is 21.7 Å². The molecule has 0 aliphatic heterocycles. The minimum atomic E-state index is -1.15. The van der Waals surface area contributed by atoms with Crippen LogP contribution in [0, 0.1) is 11.8 Å². The number of amides is 3. The largest absolute Gasteiger partial charge is 0.480 e. The Bertz CT molecular complexity index is 1350. The summed E-state index contributed by atoms with van der Waals surface area (Å²) in [4.78, 5) is 55.4. The van der Waals surface area contributed by atoms with Gasteiger partial charge in [-0.2, -0.15) is 0 Å². The van der Waals surface area contributed by atoms with Crippen molar-refractivity contribution in [3.63, 3.8) is 0 Å². The summed E-state index contributed by atoms with van der Waals surface area (Å²) in [7, 11) is 0. The molecule has 2 aromatic carbocycles. The monoisotopic (exact) mass is 577 g/mol. The van der Waals surface area contributed by atoms with Crippen LogP contribution in [0.1, 0.15) is 51.7 Å². The summed E-state index contributed by atoms with van der Waals surface area (Å²) >= 11 is 0. The van der Waals surface area contributed by atoms with Crippen molar-refractivity contribution < 1.29 is 24.3 Å². The summed E-state index contributed by atoms with van der Waals surface area (Å²) in [5.74, 6) is -2.59. The molecule has 1 aromatic heterocycles. The van der Waals surface area contributed by atoms with E-state index in [-0.39, 0.29) is 31.1 Å². The second kappa shape index (κ2) is 15.2. The third-order valence-electron chi connectivity index (χ3n) is 7.03. The molecule has 7 N–H and O–H groups in total. The van der Waals surface area contributed by atoms with E-state index in [2.05, 4.69) is 20.9 Å². The number of carboxylic acids is 1. The van der Waals surface area contributed by atoms with E-state index in [1.807, 2.05) is 82.3 Å². The maximum absolute atomic E-state index is 13.8. The molecular weight excluding hydrogens is 534 g/mol. The second-order valence-electron chi connectivity index (χ2n) is 11.6. The SMILES string of the molecule is CC(C)CC(N)C(=O)NC(Cc1ccccc1)C(=O)NC(Cc1c[nH]c2ccccc12)C(=O)NC(CC(C)C)C(=O)O. The van der Waals surface area contributed by atoms with Crippen LogP contribution >= 0.6 is 0 Å². The third kappa shape index (κ3) is 9.44. The topological polar surface area (TPSA) is 166 Å². The van der Waals surface area contributed by atoms with Crippen molar-refractivity contribution in [3.05, 3.63) is 71.9 Å². The second-order valence-corrected chi connectivity index (χ2v) is 11.6. The molecule has 0 fully saturated rings. The van der Waals surface area contributed by atoms with Crippen LogP contribution in [0.3, 0.4) is 0 Å². The van der Waals surface area contributed by atoms with Gasteiger partial charge in [0.2, 0.25) is 17.7 Å². The number of aliphatic carboxylic acids is 1. The van der Waals surface area contributed by atoms with E-state index in [1.54, 1.807) is 6.20 Å². The Balaban J connectivity index is 1.89. The first kappa shape index (κ1) is 32.3. The highest BCUT2D eigenvalue weighted by Crippen LogP contribution is 2.20. The molecule has 0 saturated carbocycles. The first-order valence-corrected chi connectivity index (χ1v) is 14.4. The number of carbonyl (C=O) groups excluding carboxylic acids is 3. The zero-order chi connectivity index (χ0) is 30.8.